The summed E-state index contributed by atoms with van der Waals surface area (Å²) in [5.41, 5.74) is 0.964. The first-order valence-corrected chi connectivity index (χ1v) is 9.74. The van der Waals surface area contributed by atoms with E-state index >= 15 is 0 Å². The Morgan fingerprint density at radius 1 is 1.13 bits per heavy atom. The van der Waals surface area contributed by atoms with Gasteiger partial charge in [0.2, 0.25) is 0 Å². The third kappa shape index (κ3) is 4.02. The molecule has 1 atom stereocenters. The summed E-state index contributed by atoms with van der Waals surface area (Å²) in [6.45, 7) is 6.24. The molecule has 0 bridgehead atoms. The van der Waals surface area contributed by atoms with Crippen molar-refractivity contribution in [2.24, 2.45) is 0 Å². The van der Waals surface area contributed by atoms with Crippen molar-refractivity contribution in [2.45, 2.75) is 26.3 Å². The Bertz CT molecular complexity index is 1060. The lowest BCUT2D eigenvalue weighted by Gasteiger charge is -2.28. The fourth-order valence-electron chi connectivity index (χ4n) is 3.57. The van der Waals surface area contributed by atoms with Crippen molar-refractivity contribution in [3.05, 3.63) is 53.2 Å². The van der Waals surface area contributed by atoms with Gasteiger partial charge in [-0.2, -0.15) is 0 Å². The number of rotatable bonds is 5. The smallest absolute Gasteiger partial charge is 0.266 e. The van der Waals surface area contributed by atoms with Crippen LogP contribution in [0.5, 0.6) is 0 Å². The van der Waals surface area contributed by atoms with E-state index in [2.05, 4.69) is 25.2 Å². The largest absolute Gasteiger partial charge is 0.378 e. The van der Waals surface area contributed by atoms with Gasteiger partial charge in [-0.05, 0) is 19.9 Å². The molecule has 0 unspecified atom stereocenters. The van der Waals surface area contributed by atoms with E-state index < -0.39 is 23.8 Å². The molecule has 158 valence electrons. The molecule has 1 fully saturated rings. The first-order valence-electron chi connectivity index (χ1n) is 9.74. The van der Waals surface area contributed by atoms with E-state index in [1.54, 1.807) is 20.0 Å². The highest BCUT2D eigenvalue weighted by molar-refractivity contribution is 5.89. The van der Waals surface area contributed by atoms with Gasteiger partial charge in [0.25, 0.3) is 6.43 Å². The number of benzene rings is 1. The molecule has 1 aliphatic rings. The van der Waals surface area contributed by atoms with Crippen LogP contribution in [0.4, 0.5) is 24.7 Å². The minimum atomic E-state index is -2.88. The van der Waals surface area contributed by atoms with Crippen LogP contribution < -0.4 is 10.2 Å². The summed E-state index contributed by atoms with van der Waals surface area (Å²) in [5, 5.41) is 3.84. The van der Waals surface area contributed by atoms with Crippen LogP contribution in [0.3, 0.4) is 0 Å². The zero-order valence-electron chi connectivity index (χ0n) is 16.7. The molecule has 1 N–H and O–H groups in total. The number of aryl methyl sites for hydroxylation is 1. The second kappa shape index (κ2) is 8.43. The Morgan fingerprint density at radius 3 is 2.60 bits per heavy atom. The predicted octanol–water partition coefficient (Wildman–Crippen LogP) is 4.42. The van der Waals surface area contributed by atoms with E-state index in [1.165, 1.54) is 12.1 Å². The number of aromatic nitrogens is 3. The maximum atomic E-state index is 14.6. The number of halogens is 3. The second-order valence-corrected chi connectivity index (χ2v) is 7.20. The van der Waals surface area contributed by atoms with Crippen molar-refractivity contribution in [2.75, 3.05) is 36.5 Å². The third-order valence-electron chi connectivity index (χ3n) is 5.14. The van der Waals surface area contributed by atoms with Crippen LogP contribution in [-0.4, -0.2) is 41.3 Å². The van der Waals surface area contributed by atoms with Gasteiger partial charge >= 0.3 is 0 Å². The zero-order chi connectivity index (χ0) is 21.3. The summed E-state index contributed by atoms with van der Waals surface area (Å²) in [7, 11) is 0. The van der Waals surface area contributed by atoms with Gasteiger partial charge in [-0.1, -0.05) is 18.2 Å². The van der Waals surface area contributed by atoms with Crippen molar-refractivity contribution >= 4 is 22.5 Å². The third-order valence-corrected chi connectivity index (χ3v) is 5.14. The van der Waals surface area contributed by atoms with Gasteiger partial charge in [0.1, 0.15) is 17.5 Å². The van der Waals surface area contributed by atoms with Gasteiger partial charge in [-0.3, -0.25) is 0 Å². The first-order chi connectivity index (χ1) is 14.4. The van der Waals surface area contributed by atoms with Gasteiger partial charge in [0, 0.05) is 18.7 Å². The number of morpholine rings is 1. The molecule has 0 aliphatic carbocycles. The summed E-state index contributed by atoms with van der Waals surface area (Å²) < 4.78 is 46.1. The minimum Gasteiger partial charge on any atom is -0.378 e. The molecule has 30 heavy (non-hydrogen) atoms. The van der Waals surface area contributed by atoms with E-state index in [1.807, 2.05) is 6.07 Å². The maximum Gasteiger partial charge on any atom is 0.266 e. The SMILES string of the molecule is Cc1nc(N[C@H](C)c2cccc(C(F)F)c2F)c2cc(N3CCOCC3)cnc2n1. The van der Waals surface area contributed by atoms with Gasteiger partial charge in [0.05, 0.1) is 42.1 Å². The number of hydrogen-bond donors (Lipinski definition) is 1. The van der Waals surface area contributed by atoms with Crippen molar-refractivity contribution in [3.8, 4) is 0 Å². The zero-order valence-corrected chi connectivity index (χ0v) is 16.7. The average Bonchev–Trinajstić information content (AvgIpc) is 2.74. The second-order valence-electron chi connectivity index (χ2n) is 7.20. The van der Waals surface area contributed by atoms with Gasteiger partial charge in [-0.25, -0.2) is 28.1 Å². The molecule has 0 amide bonds. The normalized spacial score (nSPS) is 15.6. The molecule has 3 aromatic rings. The van der Waals surface area contributed by atoms with E-state index in [9.17, 15) is 13.2 Å². The number of alkyl halides is 2. The number of fused-ring (bicyclic) bond motifs is 1. The summed E-state index contributed by atoms with van der Waals surface area (Å²) in [6, 6.07) is 5.37. The molecule has 1 aromatic carbocycles. The van der Waals surface area contributed by atoms with E-state index in [-0.39, 0.29) is 5.56 Å². The van der Waals surface area contributed by atoms with Crippen LogP contribution in [0.2, 0.25) is 0 Å². The van der Waals surface area contributed by atoms with Crippen LogP contribution >= 0.6 is 0 Å². The summed E-state index contributed by atoms with van der Waals surface area (Å²) >= 11 is 0. The molecule has 3 heterocycles. The number of nitrogens with zero attached hydrogens (tertiary/aromatic N) is 4. The fourth-order valence-corrected chi connectivity index (χ4v) is 3.57. The van der Waals surface area contributed by atoms with Crippen molar-refractivity contribution in [1.29, 1.82) is 0 Å². The van der Waals surface area contributed by atoms with E-state index in [0.29, 0.717) is 35.9 Å². The molecule has 9 heteroatoms. The molecule has 1 aliphatic heterocycles. The molecular weight excluding hydrogens is 395 g/mol. The minimum absolute atomic E-state index is 0.148. The van der Waals surface area contributed by atoms with Crippen molar-refractivity contribution in [1.82, 2.24) is 15.0 Å². The fraction of sp³-hybridized carbons (Fsp3) is 0.381. The van der Waals surface area contributed by atoms with E-state index in [4.69, 9.17) is 4.74 Å². The maximum absolute atomic E-state index is 14.6. The van der Waals surface area contributed by atoms with Crippen LogP contribution in [0.15, 0.2) is 30.5 Å². The molecular formula is C21H22F3N5O. The van der Waals surface area contributed by atoms with Crippen LogP contribution in [-0.2, 0) is 4.74 Å². The lowest BCUT2D eigenvalue weighted by atomic mass is 10.0. The Hall–Kier alpha value is -2.94. The lowest BCUT2D eigenvalue weighted by molar-refractivity contribution is 0.122. The Morgan fingerprint density at radius 2 is 1.87 bits per heavy atom. The molecule has 0 spiro atoms. The summed E-state index contributed by atoms with van der Waals surface area (Å²) in [6.07, 6.45) is -1.11. The molecule has 1 saturated heterocycles. The number of pyridine rings is 1. The van der Waals surface area contributed by atoms with E-state index in [0.717, 1.165) is 24.8 Å². The number of hydrogen-bond acceptors (Lipinski definition) is 6. The summed E-state index contributed by atoms with van der Waals surface area (Å²) in [5.74, 6) is 0.0785. The highest BCUT2D eigenvalue weighted by Crippen LogP contribution is 2.31. The monoisotopic (exact) mass is 417 g/mol. The lowest BCUT2D eigenvalue weighted by Crippen LogP contribution is -2.36. The molecule has 0 radical (unpaired) electrons. The predicted molar refractivity (Wildman–Crippen MR) is 108 cm³/mol. The highest BCUT2D eigenvalue weighted by atomic mass is 19.3. The molecule has 0 saturated carbocycles. The quantitative estimate of drug-likeness (QED) is 0.663. The Kier molecular flexibility index (Phi) is 5.72. The average molecular weight is 417 g/mol. The van der Waals surface area contributed by atoms with Crippen molar-refractivity contribution in [3.63, 3.8) is 0 Å². The Balaban J connectivity index is 1.70. The van der Waals surface area contributed by atoms with Crippen molar-refractivity contribution < 1.29 is 17.9 Å². The molecule has 4 rings (SSSR count). The number of nitrogens with one attached hydrogen (secondary N) is 1. The molecule has 6 nitrogen and oxygen atoms in total. The standard InChI is InChI=1S/C21H22F3N5O/c1-12(15-4-3-5-16(18(15)22)19(23)24)26-21-17-10-14(29-6-8-30-9-7-29)11-25-20(17)27-13(2)28-21/h3-5,10-12,19H,6-9H2,1-2H3,(H,25,26,27,28)/t12-/m1/s1. The van der Waals surface area contributed by atoms with Crippen LogP contribution in [0, 0.1) is 12.7 Å². The van der Waals surface area contributed by atoms with Gasteiger partial charge in [0.15, 0.2) is 5.65 Å². The topological polar surface area (TPSA) is 63.2 Å². The Labute approximate surface area is 172 Å². The highest BCUT2D eigenvalue weighted by Gasteiger charge is 2.21. The van der Waals surface area contributed by atoms with Crippen LogP contribution in [0.1, 0.15) is 36.3 Å². The first kappa shape index (κ1) is 20.3. The van der Waals surface area contributed by atoms with Crippen LogP contribution in [0.25, 0.3) is 11.0 Å². The number of ether oxygens (including phenoxy) is 1. The number of anilines is 2. The van der Waals surface area contributed by atoms with Gasteiger partial charge in [-0.15, -0.1) is 0 Å². The summed E-state index contributed by atoms with van der Waals surface area (Å²) in [4.78, 5) is 15.5. The molecule has 2 aromatic heterocycles. The van der Waals surface area contributed by atoms with Gasteiger partial charge < -0.3 is 15.0 Å².